The van der Waals surface area contributed by atoms with Crippen molar-refractivity contribution in [2.75, 3.05) is 13.2 Å². The molecule has 1 fully saturated rings. The highest BCUT2D eigenvalue weighted by Crippen LogP contribution is 2.48. The molecule has 2 heterocycles. The molecule has 1 saturated heterocycles. The third kappa shape index (κ3) is 5.06. The van der Waals surface area contributed by atoms with Crippen LogP contribution in [0.2, 0.25) is 0 Å². The first kappa shape index (κ1) is 28.4. The predicted octanol–water partition coefficient (Wildman–Crippen LogP) is 5.18. The molecular formula is C22H16F10N4O3. The lowest BCUT2D eigenvalue weighted by atomic mass is 9.94. The zero-order chi connectivity index (χ0) is 28.8. The van der Waals surface area contributed by atoms with Crippen LogP contribution in [0.4, 0.5) is 43.9 Å². The Kier molecular flexibility index (Phi) is 7.16. The fourth-order valence-corrected chi connectivity index (χ4v) is 3.52. The summed E-state index contributed by atoms with van der Waals surface area (Å²) in [7, 11) is 0. The highest BCUT2D eigenvalue weighted by molar-refractivity contribution is 5.38. The van der Waals surface area contributed by atoms with Gasteiger partial charge in [-0.15, -0.1) is 0 Å². The average Bonchev–Trinajstić information content (AvgIpc) is 3.54. The fourth-order valence-electron chi connectivity index (χ4n) is 3.52. The van der Waals surface area contributed by atoms with E-state index < -0.39 is 59.9 Å². The first-order valence-electron chi connectivity index (χ1n) is 10.8. The van der Waals surface area contributed by atoms with Gasteiger partial charge in [-0.25, -0.2) is 17.6 Å². The molecule has 7 nitrogen and oxygen atoms in total. The standard InChI is InChI=1S/C22H16F10N4O3/c1-11(19(9-38-19)15-7-2-12(23)8-16(15)24)39-18-33-34-35-36(18)13-3-5-14(6-4-13)37-10-20(27,28)22(31,32)21(29,30)17(25)26/h2-8,11,17H,9-10H2,1H3/t11-,19-/m1/s1. The third-order valence-electron chi connectivity index (χ3n) is 5.88. The van der Waals surface area contributed by atoms with Crippen molar-refractivity contribution in [3.05, 3.63) is 59.7 Å². The molecule has 4 rings (SSSR count). The Morgan fingerprint density at radius 3 is 2.23 bits per heavy atom. The van der Waals surface area contributed by atoms with Gasteiger partial charge in [0.2, 0.25) is 0 Å². The van der Waals surface area contributed by atoms with E-state index in [0.717, 1.165) is 35.0 Å². The Hall–Kier alpha value is -3.63. The minimum absolute atomic E-state index is 0.0330. The Morgan fingerprint density at radius 1 is 1.03 bits per heavy atom. The van der Waals surface area contributed by atoms with E-state index in [2.05, 4.69) is 20.3 Å². The predicted molar refractivity (Wildman–Crippen MR) is 110 cm³/mol. The Bertz CT molecular complexity index is 1320. The summed E-state index contributed by atoms with van der Waals surface area (Å²) in [6.45, 7) is -0.781. The van der Waals surface area contributed by atoms with Crippen molar-refractivity contribution in [3.63, 3.8) is 0 Å². The number of hydrogen-bond donors (Lipinski definition) is 0. The van der Waals surface area contributed by atoms with Gasteiger partial charge in [-0.05, 0) is 47.7 Å². The lowest BCUT2D eigenvalue weighted by molar-refractivity contribution is -0.342. The van der Waals surface area contributed by atoms with E-state index in [1.807, 2.05) is 0 Å². The molecule has 2 atom stereocenters. The lowest BCUT2D eigenvalue weighted by Gasteiger charge is -2.32. The summed E-state index contributed by atoms with van der Waals surface area (Å²) in [6, 6.07) is 6.91. The summed E-state index contributed by atoms with van der Waals surface area (Å²) < 4.78 is 149. The number of epoxide rings is 1. The maximum Gasteiger partial charge on any atom is 0.381 e. The molecule has 0 spiro atoms. The summed E-state index contributed by atoms with van der Waals surface area (Å²) in [5.74, 6) is -20.5. The quantitative estimate of drug-likeness (QED) is 0.232. The number of aromatic nitrogens is 4. The van der Waals surface area contributed by atoms with Crippen molar-refractivity contribution >= 4 is 0 Å². The molecule has 1 aliphatic rings. The average molecular weight is 574 g/mol. The van der Waals surface area contributed by atoms with Crippen molar-refractivity contribution < 1.29 is 58.1 Å². The van der Waals surface area contributed by atoms with Gasteiger partial charge in [0.05, 0.1) is 12.3 Å². The summed E-state index contributed by atoms with van der Waals surface area (Å²) in [6.07, 6.45) is -5.94. The van der Waals surface area contributed by atoms with Gasteiger partial charge < -0.3 is 14.2 Å². The van der Waals surface area contributed by atoms with Crippen LogP contribution in [0, 0.1) is 11.6 Å². The lowest BCUT2D eigenvalue weighted by Crippen LogP contribution is -2.59. The Labute approximate surface area is 212 Å². The van der Waals surface area contributed by atoms with E-state index in [1.165, 1.54) is 13.0 Å². The van der Waals surface area contributed by atoms with Crippen molar-refractivity contribution in [2.24, 2.45) is 0 Å². The number of tetrazole rings is 1. The van der Waals surface area contributed by atoms with Gasteiger partial charge >= 0.3 is 30.2 Å². The zero-order valence-electron chi connectivity index (χ0n) is 19.4. The highest BCUT2D eigenvalue weighted by atomic mass is 19.4. The number of rotatable bonds is 11. The molecule has 2 aromatic carbocycles. The van der Waals surface area contributed by atoms with Gasteiger partial charge in [0, 0.05) is 11.6 Å². The van der Waals surface area contributed by atoms with Crippen LogP contribution >= 0.6 is 0 Å². The summed E-state index contributed by atoms with van der Waals surface area (Å²) in [5, 5.41) is 10.8. The molecule has 212 valence electrons. The monoisotopic (exact) mass is 574 g/mol. The van der Waals surface area contributed by atoms with Crippen molar-refractivity contribution in [1.29, 1.82) is 0 Å². The van der Waals surface area contributed by atoms with Crippen LogP contribution in [0.1, 0.15) is 12.5 Å². The highest BCUT2D eigenvalue weighted by Gasteiger charge is 2.75. The smallest absolute Gasteiger partial charge is 0.381 e. The number of ether oxygens (including phenoxy) is 3. The van der Waals surface area contributed by atoms with E-state index in [-0.39, 0.29) is 23.9 Å². The molecule has 17 heteroatoms. The first-order chi connectivity index (χ1) is 18.1. The number of nitrogens with zero attached hydrogens (tertiary/aromatic N) is 4. The molecule has 0 bridgehead atoms. The molecule has 0 radical (unpaired) electrons. The van der Waals surface area contributed by atoms with E-state index in [0.29, 0.717) is 6.07 Å². The molecule has 0 aliphatic carbocycles. The molecule has 0 amide bonds. The van der Waals surface area contributed by atoms with Crippen LogP contribution < -0.4 is 9.47 Å². The van der Waals surface area contributed by atoms with E-state index >= 15 is 0 Å². The molecule has 3 aromatic rings. The summed E-state index contributed by atoms with van der Waals surface area (Å²) in [4.78, 5) is 0. The number of halogens is 10. The molecular weight excluding hydrogens is 558 g/mol. The normalized spacial score (nSPS) is 18.8. The van der Waals surface area contributed by atoms with Crippen LogP contribution in [-0.4, -0.2) is 63.7 Å². The SMILES string of the molecule is C[C@@H](Oc1nnnn1-c1ccc(OCC(F)(F)C(F)(F)C(F)(F)C(F)F)cc1)[C@@]1(c2ccc(F)cc2F)CO1. The Balaban J connectivity index is 1.45. The van der Waals surface area contributed by atoms with Crippen molar-refractivity contribution in [3.8, 4) is 17.4 Å². The molecule has 0 unspecified atom stereocenters. The van der Waals surface area contributed by atoms with Crippen molar-refractivity contribution in [2.45, 2.75) is 42.8 Å². The van der Waals surface area contributed by atoms with Gasteiger partial charge in [0.1, 0.15) is 23.5 Å². The maximum absolute atomic E-state index is 14.3. The number of benzene rings is 2. The van der Waals surface area contributed by atoms with E-state index in [1.54, 1.807) is 0 Å². The largest absolute Gasteiger partial charge is 0.487 e. The maximum atomic E-state index is 14.3. The molecule has 1 aliphatic heterocycles. The van der Waals surface area contributed by atoms with Gasteiger partial charge in [0.15, 0.2) is 12.2 Å². The van der Waals surface area contributed by atoms with Crippen LogP contribution in [-0.2, 0) is 10.3 Å². The molecule has 1 aromatic heterocycles. The second-order valence-electron chi connectivity index (χ2n) is 8.42. The zero-order valence-corrected chi connectivity index (χ0v) is 19.4. The second kappa shape index (κ2) is 9.84. The van der Waals surface area contributed by atoms with Gasteiger partial charge in [-0.2, -0.15) is 31.0 Å². The second-order valence-corrected chi connectivity index (χ2v) is 8.42. The van der Waals surface area contributed by atoms with Crippen molar-refractivity contribution in [1.82, 2.24) is 20.2 Å². The molecule has 0 N–H and O–H groups in total. The van der Waals surface area contributed by atoms with Gasteiger partial charge in [-0.1, -0.05) is 11.2 Å². The van der Waals surface area contributed by atoms with Gasteiger partial charge in [0.25, 0.3) is 0 Å². The fraction of sp³-hybridized carbons (Fsp3) is 0.409. The Morgan fingerprint density at radius 2 is 1.67 bits per heavy atom. The van der Waals surface area contributed by atoms with Gasteiger partial charge in [-0.3, -0.25) is 0 Å². The van der Waals surface area contributed by atoms with Crippen LogP contribution in [0.25, 0.3) is 5.69 Å². The number of alkyl halides is 8. The van der Waals surface area contributed by atoms with Crippen LogP contribution in [0.15, 0.2) is 42.5 Å². The first-order valence-corrected chi connectivity index (χ1v) is 10.8. The topological polar surface area (TPSA) is 74.6 Å². The van der Waals surface area contributed by atoms with Crippen LogP contribution in [0.5, 0.6) is 11.8 Å². The number of hydrogen-bond acceptors (Lipinski definition) is 6. The van der Waals surface area contributed by atoms with E-state index in [9.17, 15) is 43.9 Å². The minimum atomic E-state index is -6.40. The third-order valence-corrected chi connectivity index (χ3v) is 5.88. The molecule has 0 saturated carbocycles. The van der Waals surface area contributed by atoms with E-state index in [4.69, 9.17) is 9.47 Å². The van der Waals surface area contributed by atoms with Crippen LogP contribution in [0.3, 0.4) is 0 Å². The molecule has 39 heavy (non-hydrogen) atoms. The minimum Gasteiger partial charge on any atom is -0.487 e. The summed E-state index contributed by atoms with van der Waals surface area (Å²) >= 11 is 0. The summed E-state index contributed by atoms with van der Waals surface area (Å²) in [5.41, 5.74) is -1.11.